The van der Waals surface area contributed by atoms with E-state index in [-0.39, 0.29) is 0 Å². The highest BCUT2D eigenvalue weighted by atomic mass is 32.1. The SMILES string of the molecule is CCCNC(C)c1cccnc1N1CCc2sccc2C1. The Kier molecular flexibility index (Phi) is 4.56. The van der Waals surface area contributed by atoms with Gasteiger partial charge >= 0.3 is 0 Å². The summed E-state index contributed by atoms with van der Waals surface area (Å²) in [6, 6.07) is 6.85. The molecule has 0 saturated heterocycles. The van der Waals surface area contributed by atoms with Crippen LogP contribution >= 0.6 is 11.3 Å². The van der Waals surface area contributed by atoms with Gasteiger partial charge in [-0.25, -0.2) is 4.98 Å². The van der Waals surface area contributed by atoms with E-state index in [4.69, 9.17) is 0 Å². The lowest BCUT2D eigenvalue weighted by Gasteiger charge is -2.31. The molecule has 4 heteroatoms. The number of nitrogens with one attached hydrogen (secondary N) is 1. The van der Waals surface area contributed by atoms with Gasteiger partial charge in [0.25, 0.3) is 0 Å². The van der Waals surface area contributed by atoms with Gasteiger partial charge < -0.3 is 10.2 Å². The number of hydrogen-bond acceptors (Lipinski definition) is 4. The number of thiophene rings is 1. The van der Waals surface area contributed by atoms with E-state index in [2.05, 4.69) is 46.6 Å². The van der Waals surface area contributed by atoms with E-state index >= 15 is 0 Å². The van der Waals surface area contributed by atoms with Gasteiger partial charge in [0, 0.05) is 35.8 Å². The van der Waals surface area contributed by atoms with E-state index in [1.54, 1.807) is 4.88 Å². The number of aromatic nitrogens is 1. The van der Waals surface area contributed by atoms with E-state index in [1.807, 2.05) is 23.6 Å². The Hall–Kier alpha value is -1.39. The van der Waals surface area contributed by atoms with Crippen molar-refractivity contribution >= 4 is 17.2 Å². The summed E-state index contributed by atoms with van der Waals surface area (Å²) in [4.78, 5) is 8.65. The summed E-state index contributed by atoms with van der Waals surface area (Å²) in [5, 5.41) is 5.78. The van der Waals surface area contributed by atoms with Crippen LogP contribution in [0.15, 0.2) is 29.8 Å². The first-order valence-electron chi connectivity index (χ1n) is 7.78. The van der Waals surface area contributed by atoms with Crippen LogP contribution in [0.4, 0.5) is 5.82 Å². The third-order valence-electron chi connectivity index (χ3n) is 4.09. The van der Waals surface area contributed by atoms with E-state index in [0.29, 0.717) is 6.04 Å². The molecule has 1 N–H and O–H groups in total. The number of pyridine rings is 1. The number of anilines is 1. The van der Waals surface area contributed by atoms with Crippen LogP contribution in [0.25, 0.3) is 0 Å². The van der Waals surface area contributed by atoms with Gasteiger partial charge in [-0.15, -0.1) is 11.3 Å². The topological polar surface area (TPSA) is 28.2 Å². The molecule has 1 aliphatic heterocycles. The van der Waals surface area contributed by atoms with Crippen LogP contribution in [-0.4, -0.2) is 18.1 Å². The second-order valence-electron chi connectivity index (χ2n) is 5.63. The van der Waals surface area contributed by atoms with E-state index in [1.165, 1.54) is 11.1 Å². The molecule has 0 aliphatic carbocycles. The highest BCUT2D eigenvalue weighted by molar-refractivity contribution is 7.10. The van der Waals surface area contributed by atoms with Gasteiger partial charge in [0.1, 0.15) is 5.82 Å². The molecule has 1 atom stereocenters. The molecule has 0 aromatic carbocycles. The van der Waals surface area contributed by atoms with Crippen LogP contribution in [-0.2, 0) is 13.0 Å². The highest BCUT2D eigenvalue weighted by Gasteiger charge is 2.21. The lowest BCUT2D eigenvalue weighted by atomic mass is 10.1. The summed E-state index contributed by atoms with van der Waals surface area (Å²) in [6.45, 7) is 7.54. The molecule has 0 amide bonds. The summed E-state index contributed by atoms with van der Waals surface area (Å²) < 4.78 is 0. The van der Waals surface area contributed by atoms with Crippen LogP contribution in [0.5, 0.6) is 0 Å². The van der Waals surface area contributed by atoms with Crippen LogP contribution in [0.2, 0.25) is 0 Å². The lowest BCUT2D eigenvalue weighted by molar-refractivity contribution is 0.565. The van der Waals surface area contributed by atoms with Crippen molar-refractivity contribution in [3.05, 3.63) is 45.8 Å². The van der Waals surface area contributed by atoms with E-state index in [9.17, 15) is 0 Å². The smallest absolute Gasteiger partial charge is 0.133 e. The largest absolute Gasteiger partial charge is 0.352 e. The van der Waals surface area contributed by atoms with Crippen molar-refractivity contribution in [2.45, 2.75) is 39.3 Å². The third-order valence-corrected chi connectivity index (χ3v) is 5.11. The van der Waals surface area contributed by atoms with Gasteiger partial charge in [0.05, 0.1) is 0 Å². The second-order valence-corrected chi connectivity index (χ2v) is 6.63. The zero-order valence-corrected chi connectivity index (χ0v) is 13.6. The number of hydrogen-bond donors (Lipinski definition) is 1. The van der Waals surface area contributed by atoms with Crippen molar-refractivity contribution in [1.29, 1.82) is 0 Å². The second kappa shape index (κ2) is 6.58. The molecule has 21 heavy (non-hydrogen) atoms. The predicted molar refractivity (Wildman–Crippen MR) is 90.0 cm³/mol. The van der Waals surface area contributed by atoms with Gasteiger partial charge in [-0.3, -0.25) is 0 Å². The molecule has 0 spiro atoms. The molecule has 0 saturated carbocycles. The predicted octanol–water partition coefficient (Wildman–Crippen LogP) is 3.77. The first-order chi connectivity index (χ1) is 10.3. The van der Waals surface area contributed by atoms with Crippen molar-refractivity contribution in [3.63, 3.8) is 0 Å². The molecule has 3 heterocycles. The molecular formula is C17H23N3S. The van der Waals surface area contributed by atoms with Crippen LogP contribution in [0, 0.1) is 0 Å². The summed E-state index contributed by atoms with van der Waals surface area (Å²) in [7, 11) is 0. The number of rotatable bonds is 5. The summed E-state index contributed by atoms with van der Waals surface area (Å²) in [6.07, 6.45) is 4.20. The van der Waals surface area contributed by atoms with Crippen molar-refractivity contribution in [3.8, 4) is 0 Å². The first-order valence-corrected chi connectivity index (χ1v) is 8.66. The Morgan fingerprint density at radius 2 is 2.33 bits per heavy atom. The van der Waals surface area contributed by atoms with Crippen LogP contribution in [0.1, 0.15) is 42.3 Å². The fourth-order valence-corrected chi connectivity index (χ4v) is 3.80. The third kappa shape index (κ3) is 3.11. The van der Waals surface area contributed by atoms with Gasteiger partial charge in [-0.2, -0.15) is 0 Å². The normalized spacial score (nSPS) is 15.8. The fourth-order valence-electron chi connectivity index (χ4n) is 2.91. The monoisotopic (exact) mass is 301 g/mol. The van der Waals surface area contributed by atoms with E-state index < -0.39 is 0 Å². The number of nitrogens with zero attached hydrogens (tertiary/aromatic N) is 2. The molecule has 3 nitrogen and oxygen atoms in total. The Labute approximate surface area is 131 Å². The maximum absolute atomic E-state index is 4.68. The molecule has 2 aromatic rings. The van der Waals surface area contributed by atoms with Crippen molar-refractivity contribution < 1.29 is 0 Å². The van der Waals surface area contributed by atoms with Crippen molar-refractivity contribution in [1.82, 2.24) is 10.3 Å². The minimum atomic E-state index is 0.345. The minimum Gasteiger partial charge on any atom is -0.352 e. The molecule has 0 radical (unpaired) electrons. The molecule has 112 valence electrons. The van der Waals surface area contributed by atoms with Gasteiger partial charge in [-0.05, 0) is 49.4 Å². The zero-order chi connectivity index (χ0) is 14.7. The Balaban J connectivity index is 1.82. The summed E-state index contributed by atoms with van der Waals surface area (Å²) >= 11 is 1.88. The molecular weight excluding hydrogens is 278 g/mol. The van der Waals surface area contributed by atoms with Crippen LogP contribution in [0.3, 0.4) is 0 Å². The van der Waals surface area contributed by atoms with Crippen molar-refractivity contribution in [2.75, 3.05) is 18.0 Å². The Morgan fingerprint density at radius 1 is 1.43 bits per heavy atom. The molecule has 3 rings (SSSR count). The van der Waals surface area contributed by atoms with Gasteiger partial charge in [0.15, 0.2) is 0 Å². The molecule has 1 aliphatic rings. The maximum atomic E-state index is 4.68. The quantitative estimate of drug-likeness (QED) is 0.911. The standard InChI is InChI=1S/C17H23N3S/c1-3-8-18-13(2)15-5-4-9-19-17(15)20-10-6-16-14(12-20)7-11-21-16/h4-5,7,9,11,13,18H,3,6,8,10,12H2,1-2H3. The van der Waals surface area contributed by atoms with E-state index in [0.717, 1.165) is 38.3 Å². The molecule has 1 unspecified atom stereocenters. The maximum Gasteiger partial charge on any atom is 0.133 e. The Morgan fingerprint density at radius 3 is 3.19 bits per heavy atom. The Bertz CT molecular complexity index is 593. The molecule has 0 bridgehead atoms. The average Bonchev–Trinajstić information content (AvgIpc) is 3.00. The zero-order valence-electron chi connectivity index (χ0n) is 12.8. The minimum absolute atomic E-state index is 0.345. The average molecular weight is 301 g/mol. The number of fused-ring (bicyclic) bond motifs is 1. The van der Waals surface area contributed by atoms with Crippen molar-refractivity contribution in [2.24, 2.45) is 0 Å². The summed E-state index contributed by atoms with van der Waals surface area (Å²) in [5.41, 5.74) is 2.78. The summed E-state index contributed by atoms with van der Waals surface area (Å²) in [5.74, 6) is 1.14. The molecule has 2 aromatic heterocycles. The lowest BCUT2D eigenvalue weighted by Crippen LogP contribution is -2.32. The highest BCUT2D eigenvalue weighted by Crippen LogP contribution is 2.30. The molecule has 0 fully saturated rings. The first kappa shape index (κ1) is 14.5. The fraction of sp³-hybridized carbons (Fsp3) is 0.471. The van der Waals surface area contributed by atoms with Crippen LogP contribution < -0.4 is 10.2 Å². The van der Waals surface area contributed by atoms with Gasteiger partial charge in [0.2, 0.25) is 0 Å². The van der Waals surface area contributed by atoms with Gasteiger partial charge in [-0.1, -0.05) is 13.0 Å².